The summed E-state index contributed by atoms with van der Waals surface area (Å²) in [6.45, 7) is 3.46. The van der Waals surface area contributed by atoms with Crippen molar-refractivity contribution in [3.8, 4) is 0 Å². The van der Waals surface area contributed by atoms with E-state index in [1.54, 1.807) is 30.7 Å². The molecule has 2 rings (SSSR count). The van der Waals surface area contributed by atoms with E-state index in [0.717, 1.165) is 15.9 Å². The SMILES string of the molecule is COC(C)(C)C(=O)Nc1ccc2ncsc2c1. The van der Waals surface area contributed by atoms with Crippen LogP contribution < -0.4 is 5.32 Å². The van der Waals surface area contributed by atoms with Crippen molar-refractivity contribution in [3.63, 3.8) is 0 Å². The van der Waals surface area contributed by atoms with Gasteiger partial charge >= 0.3 is 0 Å². The predicted molar refractivity (Wildman–Crippen MR) is 69.3 cm³/mol. The fourth-order valence-corrected chi connectivity index (χ4v) is 2.02. The maximum absolute atomic E-state index is 11.9. The van der Waals surface area contributed by atoms with E-state index in [-0.39, 0.29) is 5.91 Å². The van der Waals surface area contributed by atoms with Crippen LogP contribution in [-0.4, -0.2) is 23.6 Å². The van der Waals surface area contributed by atoms with E-state index in [1.807, 2.05) is 18.2 Å². The number of aromatic nitrogens is 1. The number of anilines is 1. The molecule has 90 valence electrons. The standard InChI is InChI=1S/C12H14N2O2S/c1-12(2,16-3)11(15)14-8-4-5-9-10(6-8)17-7-13-9/h4-7H,1-3H3,(H,14,15). The van der Waals surface area contributed by atoms with Gasteiger partial charge in [-0.15, -0.1) is 11.3 Å². The van der Waals surface area contributed by atoms with Crippen molar-refractivity contribution in [2.45, 2.75) is 19.4 Å². The van der Waals surface area contributed by atoms with E-state index in [4.69, 9.17) is 4.74 Å². The van der Waals surface area contributed by atoms with Gasteiger partial charge in [0.25, 0.3) is 5.91 Å². The Morgan fingerprint density at radius 2 is 2.24 bits per heavy atom. The predicted octanol–water partition coefficient (Wildman–Crippen LogP) is 2.66. The number of amides is 1. The third-order valence-corrected chi connectivity index (χ3v) is 3.44. The summed E-state index contributed by atoms with van der Waals surface area (Å²) in [7, 11) is 1.52. The van der Waals surface area contributed by atoms with Crippen LogP contribution in [0.3, 0.4) is 0 Å². The molecule has 0 fully saturated rings. The number of rotatable bonds is 3. The largest absolute Gasteiger partial charge is 0.369 e. The van der Waals surface area contributed by atoms with E-state index in [9.17, 15) is 4.79 Å². The fourth-order valence-electron chi connectivity index (χ4n) is 1.31. The van der Waals surface area contributed by atoms with E-state index in [1.165, 1.54) is 7.11 Å². The van der Waals surface area contributed by atoms with Crippen LogP contribution in [0, 0.1) is 0 Å². The number of carbonyl (C=O) groups is 1. The number of thiazole rings is 1. The molecule has 1 aromatic carbocycles. The molecule has 0 aliphatic heterocycles. The van der Waals surface area contributed by atoms with Crippen molar-refractivity contribution in [1.82, 2.24) is 4.98 Å². The molecule has 0 radical (unpaired) electrons. The Bertz CT molecular complexity index is 548. The van der Waals surface area contributed by atoms with Crippen molar-refractivity contribution < 1.29 is 9.53 Å². The number of ether oxygens (including phenoxy) is 1. The smallest absolute Gasteiger partial charge is 0.256 e. The second-order valence-corrected chi connectivity index (χ2v) is 5.09. The summed E-state index contributed by atoms with van der Waals surface area (Å²) < 4.78 is 6.18. The first-order valence-electron chi connectivity index (χ1n) is 5.23. The monoisotopic (exact) mass is 250 g/mol. The molecule has 5 heteroatoms. The van der Waals surface area contributed by atoms with Crippen LogP contribution in [0.15, 0.2) is 23.7 Å². The minimum atomic E-state index is -0.831. The quantitative estimate of drug-likeness (QED) is 0.911. The van der Waals surface area contributed by atoms with Crippen LogP contribution in [0.1, 0.15) is 13.8 Å². The van der Waals surface area contributed by atoms with Gasteiger partial charge in [-0.3, -0.25) is 4.79 Å². The Hall–Kier alpha value is -1.46. The molecule has 0 saturated heterocycles. The second kappa shape index (κ2) is 4.43. The summed E-state index contributed by atoms with van der Waals surface area (Å²) >= 11 is 1.55. The first-order chi connectivity index (χ1) is 8.03. The van der Waals surface area contributed by atoms with E-state index < -0.39 is 5.60 Å². The zero-order chi connectivity index (χ0) is 12.5. The molecule has 0 aliphatic carbocycles. The maximum Gasteiger partial charge on any atom is 0.256 e. The molecule has 2 aromatic rings. The molecule has 1 aromatic heterocycles. The summed E-state index contributed by atoms with van der Waals surface area (Å²) in [5, 5.41) is 2.83. The van der Waals surface area contributed by atoms with Crippen molar-refractivity contribution in [2.24, 2.45) is 0 Å². The topological polar surface area (TPSA) is 51.2 Å². The van der Waals surface area contributed by atoms with Gasteiger partial charge in [-0.2, -0.15) is 0 Å². The van der Waals surface area contributed by atoms with Gasteiger partial charge in [-0.1, -0.05) is 0 Å². The fraction of sp³-hybridized carbons (Fsp3) is 0.333. The number of methoxy groups -OCH3 is 1. The highest BCUT2D eigenvalue weighted by molar-refractivity contribution is 7.16. The Labute approximate surface area is 104 Å². The number of nitrogens with zero attached hydrogens (tertiary/aromatic N) is 1. The van der Waals surface area contributed by atoms with Crippen molar-refractivity contribution in [3.05, 3.63) is 23.7 Å². The summed E-state index contributed by atoms with van der Waals surface area (Å²) in [5.74, 6) is -0.163. The van der Waals surface area contributed by atoms with Gasteiger partial charge in [0.15, 0.2) is 0 Å². The molecule has 0 saturated carbocycles. The Balaban J connectivity index is 2.21. The van der Waals surface area contributed by atoms with Crippen molar-refractivity contribution in [1.29, 1.82) is 0 Å². The highest BCUT2D eigenvalue weighted by atomic mass is 32.1. The van der Waals surface area contributed by atoms with Crippen molar-refractivity contribution in [2.75, 3.05) is 12.4 Å². The normalized spacial score (nSPS) is 11.7. The summed E-state index contributed by atoms with van der Waals surface area (Å²) in [6, 6.07) is 5.64. The van der Waals surface area contributed by atoms with Crippen LogP contribution in [0.4, 0.5) is 5.69 Å². The molecule has 0 bridgehead atoms. The lowest BCUT2D eigenvalue weighted by atomic mass is 10.1. The second-order valence-electron chi connectivity index (χ2n) is 4.20. The Morgan fingerprint density at radius 3 is 2.94 bits per heavy atom. The number of hydrogen-bond donors (Lipinski definition) is 1. The first-order valence-corrected chi connectivity index (χ1v) is 6.11. The van der Waals surface area contributed by atoms with Gasteiger partial charge in [-0.25, -0.2) is 4.98 Å². The number of fused-ring (bicyclic) bond motifs is 1. The molecule has 1 amide bonds. The molecule has 0 atom stereocenters. The minimum absolute atomic E-state index is 0.163. The molecule has 1 N–H and O–H groups in total. The molecule has 4 nitrogen and oxygen atoms in total. The Morgan fingerprint density at radius 1 is 1.47 bits per heavy atom. The average molecular weight is 250 g/mol. The molecule has 0 spiro atoms. The number of carbonyl (C=O) groups excluding carboxylic acids is 1. The summed E-state index contributed by atoms with van der Waals surface area (Å²) in [4.78, 5) is 16.1. The molecule has 0 aliphatic rings. The molecule has 17 heavy (non-hydrogen) atoms. The van der Waals surface area contributed by atoms with Crippen LogP contribution in [0.2, 0.25) is 0 Å². The molecule has 0 unspecified atom stereocenters. The molecular weight excluding hydrogens is 236 g/mol. The molecule has 1 heterocycles. The lowest BCUT2D eigenvalue weighted by Crippen LogP contribution is -2.38. The number of nitrogens with one attached hydrogen (secondary N) is 1. The third-order valence-electron chi connectivity index (χ3n) is 2.65. The van der Waals surface area contributed by atoms with Gasteiger partial charge in [-0.05, 0) is 32.0 Å². The highest BCUT2D eigenvalue weighted by Crippen LogP contribution is 2.22. The Kier molecular flexibility index (Phi) is 3.13. The summed E-state index contributed by atoms with van der Waals surface area (Å²) in [6.07, 6.45) is 0. The van der Waals surface area contributed by atoms with Crippen LogP contribution in [0.25, 0.3) is 10.2 Å². The van der Waals surface area contributed by atoms with Gasteiger partial charge in [0.05, 0.1) is 15.7 Å². The van der Waals surface area contributed by atoms with Crippen LogP contribution >= 0.6 is 11.3 Å². The number of benzene rings is 1. The zero-order valence-corrected chi connectivity index (χ0v) is 10.8. The first kappa shape index (κ1) is 12.0. The van der Waals surface area contributed by atoms with Crippen LogP contribution in [0.5, 0.6) is 0 Å². The average Bonchev–Trinajstić information content (AvgIpc) is 2.76. The third kappa shape index (κ3) is 2.45. The lowest BCUT2D eigenvalue weighted by Gasteiger charge is -2.21. The van der Waals surface area contributed by atoms with Crippen LogP contribution in [-0.2, 0) is 9.53 Å². The maximum atomic E-state index is 11.9. The van der Waals surface area contributed by atoms with E-state index in [2.05, 4.69) is 10.3 Å². The highest BCUT2D eigenvalue weighted by Gasteiger charge is 2.26. The molecular formula is C12H14N2O2S. The van der Waals surface area contributed by atoms with Gasteiger partial charge in [0.2, 0.25) is 0 Å². The van der Waals surface area contributed by atoms with Gasteiger partial charge < -0.3 is 10.1 Å². The zero-order valence-electron chi connectivity index (χ0n) is 9.98. The minimum Gasteiger partial charge on any atom is -0.369 e. The van der Waals surface area contributed by atoms with E-state index in [0.29, 0.717) is 0 Å². The summed E-state index contributed by atoms with van der Waals surface area (Å²) in [5.41, 5.74) is 2.66. The lowest BCUT2D eigenvalue weighted by molar-refractivity contribution is -0.133. The van der Waals surface area contributed by atoms with Gasteiger partial charge in [0, 0.05) is 12.8 Å². The number of hydrogen-bond acceptors (Lipinski definition) is 4. The van der Waals surface area contributed by atoms with E-state index >= 15 is 0 Å². The van der Waals surface area contributed by atoms with Gasteiger partial charge in [0.1, 0.15) is 5.60 Å². The van der Waals surface area contributed by atoms with Crippen molar-refractivity contribution >= 4 is 33.1 Å².